The zero-order chi connectivity index (χ0) is 18.8. The van der Waals surface area contributed by atoms with Crippen LogP contribution in [0.3, 0.4) is 0 Å². The Morgan fingerprint density at radius 3 is 2.62 bits per heavy atom. The standard InChI is InChI=1S/C19H37N5O.HI/c1-8-20-19(21-10-9-11-25-14-15(2)3)23(6)12-17-13-24(7)22-18(17)16(4)5;/h13,15-16H,8-12,14H2,1-7H3,(H,20,21);1H. The molecule has 0 fully saturated rings. The zero-order valence-electron chi connectivity index (χ0n) is 17.6. The molecule has 1 heterocycles. The van der Waals surface area contributed by atoms with Gasteiger partial charge < -0.3 is 15.0 Å². The summed E-state index contributed by atoms with van der Waals surface area (Å²) >= 11 is 0. The number of halogens is 1. The van der Waals surface area contributed by atoms with Crippen molar-refractivity contribution in [3.63, 3.8) is 0 Å². The molecule has 0 bridgehead atoms. The molecule has 26 heavy (non-hydrogen) atoms. The van der Waals surface area contributed by atoms with Gasteiger partial charge in [-0.3, -0.25) is 9.67 Å². The molecule has 1 aromatic heterocycles. The SMILES string of the molecule is CCNC(=NCCCOCC(C)C)N(C)Cc1cn(C)nc1C(C)C.I. The van der Waals surface area contributed by atoms with Gasteiger partial charge in [-0.1, -0.05) is 27.7 Å². The van der Waals surface area contributed by atoms with E-state index >= 15 is 0 Å². The number of hydrogen-bond acceptors (Lipinski definition) is 3. The number of nitrogens with one attached hydrogen (secondary N) is 1. The molecule has 152 valence electrons. The molecule has 1 aromatic rings. The maximum absolute atomic E-state index is 5.62. The summed E-state index contributed by atoms with van der Waals surface area (Å²) in [5.74, 6) is 1.94. The van der Waals surface area contributed by atoms with Gasteiger partial charge in [0.25, 0.3) is 0 Å². The number of aromatic nitrogens is 2. The van der Waals surface area contributed by atoms with Crippen molar-refractivity contribution >= 4 is 29.9 Å². The number of aliphatic imine (C=N–C) groups is 1. The molecule has 0 saturated heterocycles. The van der Waals surface area contributed by atoms with Crippen LogP contribution in [0.5, 0.6) is 0 Å². The summed E-state index contributed by atoms with van der Waals surface area (Å²) in [5.41, 5.74) is 2.41. The van der Waals surface area contributed by atoms with Crippen LogP contribution in [-0.2, 0) is 18.3 Å². The number of hydrogen-bond donors (Lipinski definition) is 1. The van der Waals surface area contributed by atoms with Gasteiger partial charge in [0.1, 0.15) is 0 Å². The van der Waals surface area contributed by atoms with Crippen LogP contribution in [0.15, 0.2) is 11.2 Å². The van der Waals surface area contributed by atoms with Crippen LogP contribution in [0.25, 0.3) is 0 Å². The van der Waals surface area contributed by atoms with Gasteiger partial charge in [-0.2, -0.15) is 5.10 Å². The third-order valence-corrected chi connectivity index (χ3v) is 3.75. The predicted octanol–water partition coefficient (Wildman–Crippen LogP) is 3.62. The molecule has 7 heteroatoms. The van der Waals surface area contributed by atoms with Crippen molar-refractivity contribution in [3.05, 3.63) is 17.5 Å². The van der Waals surface area contributed by atoms with Crippen LogP contribution < -0.4 is 5.32 Å². The number of rotatable bonds is 10. The molecule has 6 nitrogen and oxygen atoms in total. The molecule has 1 rings (SSSR count). The molecular formula is C19H38IN5O. The monoisotopic (exact) mass is 479 g/mol. The van der Waals surface area contributed by atoms with Crippen molar-refractivity contribution in [3.8, 4) is 0 Å². The summed E-state index contributed by atoms with van der Waals surface area (Å²) in [5, 5.41) is 7.97. The van der Waals surface area contributed by atoms with Crippen LogP contribution in [0.2, 0.25) is 0 Å². The van der Waals surface area contributed by atoms with E-state index in [4.69, 9.17) is 9.73 Å². The predicted molar refractivity (Wildman–Crippen MR) is 120 cm³/mol. The van der Waals surface area contributed by atoms with Crippen LogP contribution >= 0.6 is 24.0 Å². The summed E-state index contributed by atoms with van der Waals surface area (Å²) in [6, 6.07) is 0. The van der Waals surface area contributed by atoms with Crippen molar-refractivity contribution in [2.24, 2.45) is 18.0 Å². The highest BCUT2D eigenvalue weighted by atomic mass is 127. The van der Waals surface area contributed by atoms with Crippen molar-refractivity contribution in [2.45, 2.75) is 53.5 Å². The molecule has 0 radical (unpaired) electrons. The molecule has 0 unspecified atom stereocenters. The third-order valence-electron chi connectivity index (χ3n) is 3.75. The molecule has 0 amide bonds. The summed E-state index contributed by atoms with van der Waals surface area (Å²) in [7, 11) is 4.06. The summed E-state index contributed by atoms with van der Waals surface area (Å²) in [6.07, 6.45) is 3.05. The van der Waals surface area contributed by atoms with Crippen molar-refractivity contribution in [2.75, 3.05) is 33.4 Å². The second kappa shape index (κ2) is 13.4. The smallest absolute Gasteiger partial charge is 0.193 e. The molecule has 1 N–H and O–H groups in total. The lowest BCUT2D eigenvalue weighted by atomic mass is 10.1. The minimum absolute atomic E-state index is 0. The average molecular weight is 479 g/mol. The molecule has 0 aliphatic rings. The van der Waals surface area contributed by atoms with Gasteiger partial charge in [-0.05, 0) is 25.2 Å². The van der Waals surface area contributed by atoms with E-state index in [1.165, 1.54) is 5.56 Å². The maximum atomic E-state index is 5.62. The van der Waals surface area contributed by atoms with Crippen molar-refractivity contribution in [1.29, 1.82) is 0 Å². The van der Waals surface area contributed by atoms with E-state index in [9.17, 15) is 0 Å². The molecule has 0 atom stereocenters. The van der Waals surface area contributed by atoms with E-state index in [2.05, 4.69) is 63.2 Å². The Labute approximate surface area is 176 Å². The Hall–Kier alpha value is -0.830. The summed E-state index contributed by atoms with van der Waals surface area (Å²) < 4.78 is 7.52. The summed E-state index contributed by atoms with van der Waals surface area (Å²) in [6.45, 7) is 14.8. The number of nitrogens with zero attached hydrogens (tertiary/aromatic N) is 4. The van der Waals surface area contributed by atoms with E-state index in [0.29, 0.717) is 11.8 Å². The first-order valence-corrected chi connectivity index (χ1v) is 9.44. The largest absolute Gasteiger partial charge is 0.381 e. The Morgan fingerprint density at radius 1 is 1.35 bits per heavy atom. The van der Waals surface area contributed by atoms with E-state index in [0.717, 1.165) is 50.9 Å². The zero-order valence-corrected chi connectivity index (χ0v) is 19.9. The van der Waals surface area contributed by atoms with Gasteiger partial charge in [-0.25, -0.2) is 0 Å². The quantitative estimate of drug-likeness (QED) is 0.241. The number of guanidine groups is 1. The highest BCUT2D eigenvalue weighted by Gasteiger charge is 2.15. The lowest BCUT2D eigenvalue weighted by molar-refractivity contribution is 0.109. The highest BCUT2D eigenvalue weighted by Crippen LogP contribution is 2.18. The second-order valence-electron chi connectivity index (χ2n) is 7.28. The van der Waals surface area contributed by atoms with E-state index in [1.54, 1.807) is 0 Å². The Bertz CT molecular complexity index is 528. The lowest BCUT2D eigenvalue weighted by Crippen LogP contribution is -2.38. The topological polar surface area (TPSA) is 54.7 Å². The van der Waals surface area contributed by atoms with Crippen LogP contribution in [0.1, 0.15) is 58.2 Å². The molecule has 0 aliphatic heterocycles. The van der Waals surface area contributed by atoms with Crippen molar-refractivity contribution < 1.29 is 4.74 Å². The first-order valence-electron chi connectivity index (χ1n) is 9.44. The molecule has 0 aliphatic carbocycles. The average Bonchev–Trinajstić information content (AvgIpc) is 2.89. The lowest BCUT2D eigenvalue weighted by Gasteiger charge is -2.22. The summed E-state index contributed by atoms with van der Waals surface area (Å²) in [4.78, 5) is 6.90. The van der Waals surface area contributed by atoms with Crippen LogP contribution in [0.4, 0.5) is 0 Å². The highest BCUT2D eigenvalue weighted by molar-refractivity contribution is 14.0. The fraction of sp³-hybridized carbons (Fsp3) is 0.789. The number of ether oxygens (including phenoxy) is 1. The van der Waals surface area contributed by atoms with Gasteiger partial charge in [0.05, 0.1) is 5.69 Å². The van der Waals surface area contributed by atoms with E-state index < -0.39 is 0 Å². The number of aryl methyl sites for hydroxylation is 1. The fourth-order valence-corrected chi connectivity index (χ4v) is 2.63. The second-order valence-corrected chi connectivity index (χ2v) is 7.28. The van der Waals surface area contributed by atoms with Gasteiger partial charge >= 0.3 is 0 Å². The molecule has 0 saturated carbocycles. The maximum Gasteiger partial charge on any atom is 0.193 e. The Balaban J connectivity index is 0.00000625. The normalized spacial score (nSPS) is 11.8. The minimum Gasteiger partial charge on any atom is -0.381 e. The Kier molecular flexibility index (Phi) is 12.9. The van der Waals surface area contributed by atoms with Crippen molar-refractivity contribution in [1.82, 2.24) is 20.0 Å². The molecular weight excluding hydrogens is 441 g/mol. The van der Waals surface area contributed by atoms with Gasteiger partial charge in [0.2, 0.25) is 0 Å². The molecule has 0 aromatic carbocycles. The fourth-order valence-electron chi connectivity index (χ4n) is 2.63. The van der Waals surface area contributed by atoms with Crippen LogP contribution in [-0.4, -0.2) is 54.0 Å². The van der Waals surface area contributed by atoms with E-state index in [-0.39, 0.29) is 24.0 Å². The minimum atomic E-state index is 0. The van der Waals surface area contributed by atoms with Gasteiger partial charge in [-0.15, -0.1) is 24.0 Å². The molecule has 0 spiro atoms. The third kappa shape index (κ3) is 9.21. The first-order chi connectivity index (χ1) is 11.8. The van der Waals surface area contributed by atoms with Gasteiger partial charge in [0, 0.05) is 58.7 Å². The Morgan fingerprint density at radius 2 is 2.04 bits per heavy atom. The van der Waals surface area contributed by atoms with Crippen LogP contribution in [0, 0.1) is 5.92 Å². The van der Waals surface area contributed by atoms with E-state index in [1.807, 2.05) is 11.7 Å². The van der Waals surface area contributed by atoms with Gasteiger partial charge in [0.15, 0.2) is 5.96 Å². The first kappa shape index (κ1) is 25.2.